The first-order valence-electron chi connectivity index (χ1n) is 8.54. The molecule has 0 aromatic heterocycles. The summed E-state index contributed by atoms with van der Waals surface area (Å²) >= 11 is 1.67. The number of carbonyl (C=O) groups is 1. The minimum atomic E-state index is 0.0534. The molecule has 3 rings (SSSR count). The second-order valence-electron chi connectivity index (χ2n) is 6.49. The second-order valence-corrected chi connectivity index (χ2v) is 7.56. The zero-order chi connectivity index (χ0) is 18.7. The van der Waals surface area contributed by atoms with Gasteiger partial charge in [0.15, 0.2) is 11.5 Å². The summed E-state index contributed by atoms with van der Waals surface area (Å²) in [6, 6.07) is 13.7. The highest BCUT2D eigenvalue weighted by Gasteiger charge is 2.32. The lowest BCUT2D eigenvalue weighted by Gasteiger charge is -2.25. The number of hydrogen-bond donors (Lipinski definition) is 1. The molecule has 2 aromatic carbocycles. The molecule has 1 saturated heterocycles. The Hall–Kier alpha value is -2.34. The van der Waals surface area contributed by atoms with E-state index in [-0.39, 0.29) is 17.0 Å². The zero-order valence-electron chi connectivity index (χ0n) is 15.3. The fourth-order valence-corrected chi connectivity index (χ4v) is 4.25. The van der Waals surface area contributed by atoms with Crippen molar-refractivity contribution >= 4 is 23.4 Å². The van der Waals surface area contributed by atoms with Gasteiger partial charge < -0.3 is 19.6 Å². The summed E-state index contributed by atoms with van der Waals surface area (Å²) in [4.78, 5) is 16.4. The Morgan fingerprint density at radius 3 is 2.62 bits per heavy atom. The highest BCUT2D eigenvalue weighted by atomic mass is 32.2. The van der Waals surface area contributed by atoms with Gasteiger partial charge in [0.1, 0.15) is 5.37 Å². The molecule has 1 aliphatic heterocycles. The van der Waals surface area contributed by atoms with Gasteiger partial charge in [-0.1, -0.05) is 18.2 Å². The number of rotatable bonds is 6. The molecule has 1 aliphatic rings. The number of amides is 1. The first-order valence-corrected chi connectivity index (χ1v) is 9.58. The molecule has 26 heavy (non-hydrogen) atoms. The van der Waals surface area contributed by atoms with Crippen molar-refractivity contribution in [1.82, 2.24) is 4.90 Å². The number of methoxy groups -OCH3 is 1. The molecule has 1 atom stereocenters. The lowest BCUT2D eigenvalue weighted by molar-refractivity contribution is -0.128. The van der Waals surface area contributed by atoms with Crippen LogP contribution in [0.25, 0.3) is 0 Å². The largest absolute Gasteiger partial charge is 0.504 e. The summed E-state index contributed by atoms with van der Waals surface area (Å²) in [5, 5.41) is 9.77. The summed E-state index contributed by atoms with van der Waals surface area (Å²) in [6.07, 6.45) is 0.717. The molecule has 1 heterocycles. The van der Waals surface area contributed by atoms with E-state index in [0.29, 0.717) is 18.0 Å². The summed E-state index contributed by atoms with van der Waals surface area (Å²) in [7, 11) is 5.56. The van der Waals surface area contributed by atoms with E-state index in [4.69, 9.17) is 4.74 Å². The predicted octanol–water partition coefficient (Wildman–Crippen LogP) is 3.28. The molecular formula is C20H24N2O3S. The van der Waals surface area contributed by atoms with Crippen molar-refractivity contribution < 1.29 is 14.6 Å². The number of anilines is 1. The van der Waals surface area contributed by atoms with Crippen molar-refractivity contribution in [1.29, 1.82) is 0 Å². The van der Waals surface area contributed by atoms with E-state index in [2.05, 4.69) is 29.2 Å². The van der Waals surface area contributed by atoms with Crippen molar-refractivity contribution in [2.75, 3.05) is 38.4 Å². The van der Waals surface area contributed by atoms with Crippen LogP contribution in [0, 0.1) is 0 Å². The first kappa shape index (κ1) is 18.5. The van der Waals surface area contributed by atoms with E-state index in [1.807, 2.05) is 31.1 Å². The van der Waals surface area contributed by atoms with E-state index in [1.54, 1.807) is 17.8 Å². The summed E-state index contributed by atoms with van der Waals surface area (Å²) < 4.78 is 5.16. The van der Waals surface area contributed by atoms with Crippen molar-refractivity contribution in [3.8, 4) is 11.5 Å². The van der Waals surface area contributed by atoms with Gasteiger partial charge >= 0.3 is 0 Å². The lowest BCUT2D eigenvalue weighted by Crippen LogP contribution is -2.30. The number of thioether (sulfide) groups is 1. The molecule has 2 aromatic rings. The molecule has 0 aliphatic carbocycles. The van der Waals surface area contributed by atoms with Gasteiger partial charge in [0.25, 0.3) is 0 Å². The van der Waals surface area contributed by atoms with Crippen LogP contribution in [0.4, 0.5) is 5.69 Å². The Kier molecular flexibility index (Phi) is 5.61. The number of benzene rings is 2. The Morgan fingerprint density at radius 2 is 1.96 bits per heavy atom. The standard InChI is InChI=1S/C20H24N2O3S/c1-21(2)16-7-5-15(6-8-16)20-22(19(24)13-26-20)11-10-14-4-9-17(23)18(12-14)25-3/h4-9,12,20,23H,10-11,13H2,1-3H3. The van der Waals surface area contributed by atoms with Gasteiger partial charge in [0, 0.05) is 26.3 Å². The smallest absolute Gasteiger partial charge is 0.233 e. The highest BCUT2D eigenvalue weighted by Crippen LogP contribution is 2.39. The predicted molar refractivity (Wildman–Crippen MR) is 106 cm³/mol. The number of nitrogens with zero attached hydrogens (tertiary/aromatic N) is 2. The highest BCUT2D eigenvalue weighted by molar-refractivity contribution is 8.00. The topological polar surface area (TPSA) is 53.0 Å². The third-order valence-corrected chi connectivity index (χ3v) is 5.80. The van der Waals surface area contributed by atoms with Crippen molar-refractivity contribution in [2.24, 2.45) is 0 Å². The van der Waals surface area contributed by atoms with Crippen molar-refractivity contribution in [3.05, 3.63) is 53.6 Å². The fraction of sp³-hybridized carbons (Fsp3) is 0.350. The lowest BCUT2D eigenvalue weighted by atomic mass is 10.1. The molecule has 138 valence electrons. The van der Waals surface area contributed by atoms with E-state index in [0.717, 1.165) is 23.2 Å². The minimum absolute atomic E-state index is 0.0534. The van der Waals surface area contributed by atoms with Crippen LogP contribution in [0.15, 0.2) is 42.5 Å². The fourth-order valence-electron chi connectivity index (χ4n) is 3.04. The van der Waals surface area contributed by atoms with Crippen LogP contribution < -0.4 is 9.64 Å². The van der Waals surface area contributed by atoms with Gasteiger partial charge in [0.2, 0.25) is 5.91 Å². The molecule has 6 heteroatoms. The van der Waals surface area contributed by atoms with Gasteiger partial charge in [-0.3, -0.25) is 4.79 Å². The molecule has 0 bridgehead atoms. The van der Waals surface area contributed by atoms with E-state index < -0.39 is 0 Å². The van der Waals surface area contributed by atoms with Gasteiger partial charge in [-0.05, 0) is 41.8 Å². The Labute approximate surface area is 158 Å². The third-order valence-electron chi connectivity index (χ3n) is 4.55. The molecule has 0 saturated carbocycles. The number of carbonyl (C=O) groups excluding carboxylic acids is 1. The van der Waals surface area contributed by atoms with E-state index in [1.165, 1.54) is 7.11 Å². The number of aromatic hydroxyl groups is 1. The minimum Gasteiger partial charge on any atom is -0.504 e. The Bertz CT molecular complexity index is 777. The number of phenols is 1. The maximum absolute atomic E-state index is 12.4. The van der Waals surface area contributed by atoms with Gasteiger partial charge in [-0.15, -0.1) is 11.8 Å². The average molecular weight is 372 g/mol. The molecule has 1 N–H and O–H groups in total. The van der Waals surface area contributed by atoms with Crippen LogP contribution in [0.1, 0.15) is 16.5 Å². The average Bonchev–Trinajstić information content (AvgIpc) is 3.01. The summed E-state index contributed by atoms with van der Waals surface area (Å²) in [5.74, 6) is 1.27. The molecular weight excluding hydrogens is 348 g/mol. The SMILES string of the molecule is COc1cc(CCN2C(=O)CSC2c2ccc(N(C)C)cc2)ccc1O. The van der Waals surface area contributed by atoms with Gasteiger partial charge in [-0.25, -0.2) is 0 Å². The van der Waals surface area contributed by atoms with Crippen LogP contribution >= 0.6 is 11.8 Å². The zero-order valence-corrected chi connectivity index (χ0v) is 16.1. The van der Waals surface area contributed by atoms with Crippen molar-refractivity contribution in [2.45, 2.75) is 11.8 Å². The Balaban J connectivity index is 1.72. The molecule has 0 spiro atoms. The van der Waals surface area contributed by atoms with Crippen LogP contribution in [0.3, 0.4) is 0 Å². The van der Waals surface area contributed by atoms with Gasteiger partial charge in [-0.2, -0.15) is 0 Å². The normalized spacial score (nSPS) is 16.8. The van der Waals surface area contributed by atoms with Crippen LogP contribution in [0.5, 0.6) is 11.5 Å². The molecule has 1 unspecified atom stereocenters. The van der Waals surface area contributed by atoms with Crippen LogP contribution in [0.2, 0.25) is 0 Å². The third kappa shape index (κ3) is 3.90. The molecule has 1 amide bonds. The van der Waals surface area contributed by atoms with Crippen molar-refractivity contribution in [3.63, 3.8) is 0 Å². The maximum Gasteiger partial charge on any atom is 0.233 e. The Morgan fingerprint density at radius 1 is 1.23 bits per heavy atom. The van der Waals surface area contributed by atoms with E-state index >= 15 is 0 Å². The number of ether oxygens (including phenoxy) is 1. The molecule has 1 fully saturated rings. The quantitative estimate of drug-likeness (QED) is 0.843. The van der Waals surface area contributed by atoms with E-state index in [9.17, 15) is 9.90 Å². The maximum atomic E-state index is 12.4. The monoisotopic (exact) mass is 372 g/mol. The van der Waals surface area contributed by atoms with Crippen LogP contribution in [-0.2, 0) is 11.2 Å². The summed E-state index contributed by atoms with van der Waals surface area (Å²) in [5.41, 5.74) is 3.33. The summed E-state index contributed by atoms with van der Waals surface area (Å²) in [6.45, 7) is 0.639. The number of hydrogen-bond acceptors (Lipinski definition) is 5. The first-order chi connectivity index (χ1) is 12.5. The number of phenolic OH excluding ortho intramolecular Hbond substituents is 1. The second kappa shape index (κ2) is 7.91. The van der Waals surface area contributed by atoms with Gasteiger partial charge in [0.05, 0.1) is 12.9 Å². The van der Waals surface area contributed by atoms with Crippen LogP contribution in [-0.4, -0.2) is 49.4 Å². The molecule has 0 radical (unpaired) electrons. The molecule has 5 nitrogen and oxygen atoms in total.